The minimum Gasteiger partial charge on any atom is -0.352 e. The second-order valence-corrected chi connectivity index (χ2v) is 7.38. The van der Waals surface area contributed by atoms with Gasteiger partial charge in [0.05, 0.1) is 0 Å². The molecule has 0 bridgehead atoms. The van der Waals surface area contributed by atoms with Gasteiger partial charge in [-0.3, -0.25) is 4.79 Å². The van der Waals surface area contributed by atoms with Crippen molar-refractivity contribution < 1.29 is 4.79 Å². The maximum atomic E-state index is 12.7. The molecule has 3 heterocycles. The predicted molar refractivity (Wildman–Crippen MR) is 97.2 cm³/mol. The Morgan fingerprint density at radius 2 is 2.04 bits per heavy atom. The second-order valence-electron chi connectivity index (χ2n) is 7.38. The first-order valence-corrected chi connectivity index (χ1v) is 9.30. The number of rotatable bonds is 3. The highest BCUT2D eigenvalue weighted by Crippen LogP contribution is 2.30. The lowest BCUT2D eigenvalue weighted by atomic mass is 9.83. The van der Waals surface area contributed by atoms with Crippen LogP contribution < -0.4 is 5.32 Å². The van der Waals surface area contributed by atoms with E-state index in [1.54, 1.807) is 0 Å². The molecule has 4 rings (SSSR count). The third-order valence-corrected chi connectivity index (χ3v) is 5.93. The van der Waals surface area contributed by atoms with E-state index in [1.807, 2.05) is 31.4 Å². The van der Waals surface area contributed by atoms with Gasteiger partial charge in [-0.15, -0.1) is 0 Å². The van der Waals surface area contributed by atoms with Crippen molar-refractivity contribution >= 4 is 16.8 Å². The maximum absolute atomic E-state index is 12.7. The van der Waals surface area contributed by atoms with Gasteiger partial charge in [-0.2, -0.15) is 0 Å². The van der Waals surface area contributed by atoms with Crippen LogP contribution in [-0.4, -0.2) is 41.1 Å². The molecule has 4 heteroatoms. The number of benzene rings is 1. The average Bonchev–Trinajstić information content (AvgIpc) is 3.01. The Morgan fingerprint density at radius 3 is 2.96 bits per heavy atom. The maximum Gasteiger partial charge on any atom is 0.251 e. The summed E-state index contributed by atoms with van der Waals surface area (Å²) < 4.78 is 2.06. The Morgan fingerprint density at radius 1 is 1.17 bits per heavy atom. The SMILES string of the molecule is Cn1ccc2c(C(=O)NC[C@@H]3CCCN4CCCC[C@@H]34)cccc21. The summed E-state index contributed by atoms with van der Waals surface area (Å²) in [7, 11) is 2.02. The van der Waals surface area contributed by atoms with Gasteiger partial charge in [0, 0.05) is 42.3 Å². The Balaban J connectivity index is 1.46. The van der Waals surface area contributed by atoms with Crippen molar-refractivity contribution in [3.8, 4) is 0 Å². The van der Waals surface area contributed by atoms with Crippen LogP contribution in [0.4, 0.5) is 0 Å². The van der Waals surface area contributed by atoms with Crippen LogP contribution in [0.1, 0.15) is 42.5 Å². The molecule has 0 saturated carbocycles. The van der Waals surface area contributed by atoms with E-state index < -0.39 is 0 Å². The molecule has 2 fully saturated rings. The van der Waals surface area contributed by atoms with Crippen molar-refractivity contribution in [3.05, 3.63) is 36.0 Å². The minimum atomic E-state index is 0.0692. The van der Waals surface area contributed by atoms with Crippen molar-refractivity contribution in [1.82, 2.24) is 14.8 Å². The number of nitrogens with zero attached hydrogens (tertiary/aromatic N) is 2. The van der Waals surface area contributed by atoms with Gasteiger partial charge in [-0.25, -0.2) is 0 Å². The van der Waals surface area contributed by atoms with Crippen LogP contribution >= 0.6 is 0 Å². The van der Waals surface area contributed by atoms with Crippen molar-refractivity contribution in [3.63, 3.8) is 0 Å². The third-order valence-electron chi connectivity index (χ3n) is 5.93. The molecule has 2 aliphatic rings. The summed E-state index contributed by atoms with van der Waals surface area (Å²) >= 11 is 0. The second kappa shape index (κ2) is 6.60. The first-order chi connectivity index (χ1) is 11.7. The zero-order chi connectivity index (χ0) is 16.5. The summed E-state index contributed by atoms with van der Waals surface area (Å²) in [5, 5.41) is 4.27. The van der Waals surface area contributed by atoms with Crippen LogP contribution in [0.25, 0.3) is 10.9 Å². The molecule has 128 valence electrons. The number of aromatic nitrogens is 1. The fourth-order valence-electron chi connectivity index (χ4n) is 4.63. The van der Waals surface area contributed by atoms with Gasteiger partial charge < -0.3 is 14.8 Å². The van der Waals surface area contributed by atoms with Crippen molar-refractivity contribution in [2.24, 2.45) is 13.0 Å². The van der Waals surface area contributed by atoms with E-state index in [9.17, 15) is 4.79 Å². The number of carbonyl (C=O) groups excluding carboxylic acids is 1. The van der Waals surface area contributed by atoms with E-state index in [2.05, 4.69) is 20.9 Å². The molecule has 0 spiro atoms. The quantitative estimate of drug-likeness (QED) is 0.941. The van der Waals surface area contributed by atoms with Crippen molar-refractivity contribution in [2.75, 3.05) is 19.6 Å². The number of fused-ring (bicyclic) bond motifs is 2. The summed E-state index contributed by atoms with van der Waals surface area (Å²) in [6.45, 7) is 3.31. The molecule has 2 aliphatic heterocycles. The minimum absolute atomic E-state index is 0.0692. The monoisotopic (exact) mass is 325 g/mol. The van der Waals surface area contributed by atoms with Crippen LogP contribution in [-0.2, 0) is 7.05 Å². The van der Waals surface area contributed by atoms with E-state index >= 15 is 0 Å². The van der Waals surface area contributed by atoms with Crippen LogP contribution in [0.3, 0.4) is 0 Å². The number of amides is 1. The smallest absolute Gasteiger partial charge is 0.251 e. The molecule has 1 aromatic carbocycles. The third kappa shape index (κ3) is 2.84. The van der Waals surface area contributed by atoms with E-state index in [1.165, 1.54) is 45.2 Å². The molecule has 4 nitrogen and oxygen atoms in total. The van der Waals surface area contributed by atoms with Crippen LogP contribution in [0.15, 0.2) is 30.5 Å². The number of nitrogens with one attached hydrogen (secondary N) is 1. The lowest BCUT2D eigenvalue weighted by Crippen LogP contribution is -2.51. The lowest BCUT2D eigenvalue weighted by Gasteiger charge is -2.44. The molecular formula is C20H27N3O. The summed E-state index contributed by atoms with van der Waals surface area (Å²) in [5.74, 6) is 0.678. The predicted octanol–water partition coefficient (Wildman–Crippen LogP) is 3.17. The first-order valence-electron chi connectivity index (χ1n) is 9.30. The summed E-state index contributed by atoms with van der Waals surface area (Å²) in [4.78, 5) is 15.4. The molecule has 1 amide bonds. The highest BCUT2D eigenvalue weighted by atomic mass is 16.1. The van der Waals surface area contributed by atoms with Crippen LogP contribution in [0.2, 0.25) is 0 Å². The van der Waals surface area contributed by atoms with E-state index in [-0.39, 0.29) is 5.91 Å². The van der Waals surface area contributed by atoms with Crippen LogP contribution in [0.5, 0.6) is 0 Å². The largest absolute Gasteiger partial charge is 0.352 e. The molecule has 2 atom stereocenters. The van der Waals surface area contributed by atoms with E-state index in [4.69, 9.17) is 0 Å². The lowest BCUT2D eigenvalue weighted by molar-refractivity contribution is 0.0576. The Labute approximate surface area is 143 Å². The topological polar surface area (TPSA) is 37.3 Å². The summed E-state index contributed by atoms with van der Waals surface area (Å²) in [6.07, 6.45) is 8.51. The number of piperidine rings is 2. The zero-order valence-electron chi connectivity index (χ0n) is 14.5. The number of hydrogen-bond donors (Lipinski definition) is 1. The van der Waals surface area contributed by atoms with Gasteiger partial charge in [0.25, 0.3) is 5.91 Å². The van der Waals surface area contributed by atoms with Gasteiger partial charge in [-0.1, -0.05) is 12.5 Å². The van der Waals surface area contributed by atoms with E-state index in [0.717, 1.165) is 23.0 Å². The first kappa shape index (κ1) is 15.7. The van der Waals surface area contributed by atoms with Crippen molar-refractivity contribution in [2.45, 2.75) is 38.1 Å². The molecule has 2 aromatic rings. The number of carbonyl (C=O) groups is 1. The Kier molecular flexibility index (Phi) is 4.31. The molecule has 24 heavy (non-hydrogen) atoms. The normalized spacial score (nSPS) is 24.7. The Hall–Kier alpha value is -1.81. The van der Waals surface area contributed by atoms with Gasteiger partial charge >= 0.3 is 0 Å². The fraction of sp³-hybridized carbons (Fsp3) is 0.550. The molecular weight excluding hydrogens is 298 g/mol. The van der Waals surface area contributed by atoms with Crippen LogP contribution in [0, 0.1) is 5.92 Å². The number of aryl methyl sites for hydroxylation is 1. The molecule has 2 saturated heterocycles. The summed E-state index contributed by atoms with van der Waals surface area (Å²) in [5.41, 5.74) is 1.91. The van der Waals surface area contributed by atoms with Gasteiger partial charge in [-0.05, 0) is 62.9 Å². The van der Waals surface area contributed by atoms with Gasteiger partial charge in [0.15, 0.2) is 0 Å². The number of hydrogen-bond acceptors (Lipinski definition) is 2. The van der Waals surface area contributed by atoms with Gasteiger partial charge in [0.1, 0.15) is 0 Å². The summed E-state index contributed by atoms with van der Waals surface area (Å²) in [6, 6.07) is 8.69. The van der Waals surface area contributed by atoms with E-state index in [0.29, 0.717) is 12.0 Å². The average molecular weight is 325 g/mol. The molecule has 0 unspecified atom stereocenters. The standard InChI is InChI=1S/C20H27N3O/c1-22-13-10-16-17(7-4-9-19(16)22)20(24)21-14-15-6-5-12-23-11-3-2-8-18(15)23/h4,7,9-10,13,15,18H,2-3,5-6,8,11-12,14H2,1H3,(H,21,24)/t15-,18-/m0/s1. The molecule has 0 aliphatic carbocycles. The zero-order valence-corrected chi connectivity index (χ0v) is 14.5. The highest BCUT2D eigenvalue weighted by molar-refractivity contribution is 6.06. The Bertz CT molecular complexity index is 734. The molecule has 1 aromatic heterocycles. The molecule has 1 N–H and O–H groups in total. The van der Waals surface area contributed by atoms with Crippen molar-refractivity contribution in [1.29, 1.82) is 0 Å². The molecule has 0 radical (unpaired) electrons. The van der Waals surface area contributed by atoms with Gasteiger partial charge in [0.2, 0.25) is 0 Å². The highest BCUT2D eigenvalue weighted by Gasteiger charge is 2.33. The fourth-order valence-corrected chi connectivity index (χ4v) is 4.63.